The third-order valence-corrected chi connectivity index (χ3v) is 3.50. The van der Waals surface area contributed by atoms with Crippen LogP contribution in [-0.2, 0) is 0 Å². The third kappa shape index (κ3) is 2.81. The molecule has 0 fully saturated rings. The van der Waals surface area contributed by atoms with Gasteiger partial charge in [0.2, 0.25) is 0 Å². The van der Waals surface area contributed by atoms with Crippen LogP contribution in [0.2, 0.25) is 0 Å². The fourth-order valence-corrected chi connectivity index (χ4v) is 2.48. The van der Waals surface area contributed by atoms with E-state index in [0.29, 0.717) is 5.75 Å². The third-order valence-electron chi connectivity index (χ3n) is 3.12. The Hall–Kier alpha value is -1.93. The molecular weight excluding hydrogens is 271 g/mol. The molecule has 20 heavy (non-hydrogen) atoms. The minimum atomic E-state index is -2.36. The summed E-state index contributed by atoms with van der Waals surface area (Å²) in [4.78, 5) is 17.6. The number of hydrogen-bond donors (Lipinski definition) is 2. The fourth-order valence-electron chi connectivity index (χ4n) is 2.17. The molecule has 3 rings (SSSR count). The summed E-state index contributed by atoms with van der Waals surface area (Å²) in [6, 6.07) is 21.8. The van der Waals surface area contributed by atoms with Gasteiger partial charge in [-0.3, -0.25) is 0 Å². The molecule has 0 radical (unpaired) electrons. The first-order valence-electron chi connectivity index (χ1n) is 6.17. The molecule has 0 bridgehead atoms. The van der Waals surface area contributed by atoms with Crippen molar-refractivity contribution in [3.8, 4) is 16.9 Å². The van der Waals surface area contributed by atoms with E-state index in [1.165, 1.54) is 10.8 Å². The molecule has 0 spiro atoms. The van der Waals surface area contributed by atoms with Crippen molar-refractivity contribution in [3.05, 3.63) is 66.7 Å². The highest BCUT2D eigenvalue weighted by Crippen LogP contribution is 2.31. The Morgan fingerprint density at radius 3 is 2.05 bits per heavy atom. The molecule has 0 aliphatic heterocycles. The first-order valence-corrected chi connectivity index (χ1v) is 7.34. The highest BCUT2D eigenvalue weighted by atomic mass is 31.2. The SMILES string of the molecule is OP(O)Oc1ccc(-c2ccc3ccccc3c2)cc1. The van der Waals surface area contributed by atoms with E-state index >= 15 is 0 Å². The van der Waals surface area contributed by atoms with Crippen LogP contribution in [0.5, 0.6) is 5.75 Å². The Labute approximate surface area is 118 Å². The molecule has 0 unspecified atom stereocenters. The second-order valence-corrected chi connectivity index (χ2v) is 5.12. The van der Waals surface area contributed by atoms with E-state index in [-0.39, 0.29) is 0 Å². The lowest BCUT2D eigenvalue weighted by Crippen LogP contribution is -1.85. The molecule has 0 aliphatic rings. The number of hydrogen-bond acceptors (Lipinski definition) is 3. The molecule has 0 aromatic heterocycles. The summed E-state index contributed by atoms with van der Waals surface area (Å²) in [5.74, 6) is 0.450. The van der Waals surface area contributed by atoms with Gasteiger partial charge in [0.15, 0.2) is 0 Å². The summed E-state index contributed by atoms with van der Waals surface area (Å²) in [5.41, 5.74) is 2.17. The largest absolute Gasteiger partial charge is 0.427 e. The van der Waals surface area contributed by atoms with E-state index in [1.807, 2.05) is 24.3 Å². The summed E-state index contributed by atoms with van der Waals surface area (Å²) in [6.45, 7) is 0. The van der Waals surface area contributed by atoms with Crippen LogP contribution in [0.15, 0.2) is 66.7 Å². The lowest BCUT2D eigenvalue weighted by Gasteiger charge is -2.07. The van der Waals surface area contributed by atoms with Gasteiger partial charge in [0, 0.05) is 0 Å². The molecule has 2 N–H and O–H groups in total. The molecule has 0 aliphatic carbocycles. The molecular formula is C16H13O3P. The summed E-state index contributed by atoms with van der Waals surface area (Å²) in [5, 5.41) is 2.40. The van der Waals surface area contributed by atoms with E-state index in [4.69, 9.17) is 14.3 Å². The number of fused-ring (bicyclic) bond motifs is 1. The van der Waals surface area contributed by atoms with Crippen molar-refractivity contribution in [1.29, 1.82) is 0 Å². The molecule has 3 aromatic rings. The molecule has 100 valence electrons. The highest BCUT2D eigenvalue weighted by Gasteiger charge is 2.04. The van der Waals surface area contributed by atoms with Crippen LogP contribution < -0.4 is 4.52 Å². The van der Waals surface area contributed by atoms with Gasteiger partial charge in [-0.2, -0.15) is 0 Å². The van der Waals surface area contributed by atoms with Crippen LogP contribution in [0.3, 0.4) is 0 Å². The van der Waals surface area contributed by atoms with Gasteiger partial charge in [-0.15, -0.1) is 0 Å². The predicted octanol–water partition coefficient (Wildman–Crippen LogP) is 4.10. The van der Waals surface area contributed by atoms with Crippen molar-refractivity contribution < 1.29 is 14.3 Å². The predicted molar refractivity (Wildman–Crippen MR) is 81.4 cm³/mol. The zero-order chi connectivity index (χ0) is 13.9. The molecule has 3 aromatic carbocycles. The van der Waals surface area contributed by atoms with Gasteiger partial charge in [-0.05, 0) is 40.1 Å². The Kier molecular flexibility index (Phi) is 3.66. The quantitative estimate of drug-likeness (QED) is 0.712. The zero-order valence-electron chi connectivity index (χ0n) is 10.6. The summed E-state index contributed by atoms with van der Waals surface area (Å²) >= 11 is 0. The maximum absolute atomic E-state index is 8.81. The van der Waals surface area contributed by atoms with E-state index in [0.717, 1.165) is 11.1 Å². The minimum Gasteiger partial charge on any atom is -0.427 e. The standard InChI is InChI=1S/C16H13O3P/c17-20(18)19-16-9-7-13(8-10-16)15-6-5-12-3-1-2-4-14(12)11-15/h1-11,17-18H. The lowest BCUT2D eigenvalue weighted by molar-refractivity contribution is 0.375. The van der Waals surface area contributed by atoms with Gasteiger partial charge >= 0.3 is 8.60 Å². The van der Waals surface area contributed by atoms with Gasteiger partial charge in [-0.25, -0.2) is 0 Å². The van der Waals surface area contributed by atoms with Gasteiger partial charge in [0.25, 0.3) is 0 Å². The Balaban J connectivity index is 1.94. The average molecular weight is 284 g/mol. The number of benzene rings is 3. The van der Waals surface area contributed by atoms with E-state index in [1.54, 1.807) is 12.1 Å². The maximum atomic E-state index is 8.81. The van der Waals surface area contributed by atoms with Gasteiger partial charge in [0.05, 0.1) is 0 Å². The molecule has 3 nitrogen and oxygen atoms in total. The van der Waals surface area contributed by atoms with Crippen molar-refractivity contribution in [2.75, 3.05) is 0 Å². The summed E-state index contributed by atoms with van der Waals surface area (Å²) in [6.07, 6.45) is 0. The van der Waals surface area contributed by atoms with Gasteiger partial charge in [-0.1, -0.05) is 48.5 Å². The highest BCUT2D eigenvalue weighted by molar-refractivity contribution is 7.39. The van der Waals surface area contributed by atoms with Crippen molar-refractivity contribution >= 4 is 19.4 Å². The van der Waals surface area contributed by atoms with Crippen molar-refractivity contribution in [2.45, 2.75) is 0 Å². The monoisotopic (exact) mass is 284 g/mol. The smallest absolute Gasteiger partial charge is 0.391 e. The second-order valence-electron chi connectivity index (χ2n) is 4.43. The van der Waals surface area contributed by atoms with Crippen molar-refractivity contribution in [3.63, 3.8) is 0 Å². The topological polar surface area (TPSA) is 49.7 Å². The summed E-state index contributed by atoms with van der Waals surface area (Å²) in [7, 11) is -2.36. The molecule has 4 heteroatoms. The fraction of sp³-hybridized carbons (Fsp3) is 0. The van der Waals surface area contributed by atoms with Crippen LogP contribution in [0.4, 0.5) is 0 Å². The van der Waals surface area contributed by atoms with Crippen molar-refractivity contribution in [2.24, 2.45) is 0 Å². The van der Waals surface area contributed by atoms with Gasteiger partial charge < -0.3 is 14.3 Å². The van der Waals surface area contributed by atoms with Crippen LogP contribution in [-0.4, -0.2) is 9.79 Å². The Bertz CT molecular complexity index is 723. The van der Waals surface area contributed by atoms with Crippen LogP contribution in [0.25, 0.3) is 21.9 Å². The second kappa shape index (κ2) is 5.59. The van der Waals surface area contributed by atoms with E-state index in [9.17, 15) is 0 Å². The maximum Gasteiger partial charge on any atom is 0.391 e. The van der Waals surface area contributed by atoms with E-state index in [2.05, 4.69) is 30.3 Å². The van der Waals surface area contributed by atoms with Crippen molar-refractivity contribution in [1.82, 2.24) is 0 Å². The average Bonchev–Trinajstić information content (AvgIpc) is 2.47. The Morgan fingerprint density at radius 2 is 1.35 bits per heavy atom. The van der Waals surface area contributed by atoms with Gasteiger partial charge in [0.1, 0.15) is 5.75 Å². The van der Waals surface area contributed by atoms with Crippen LogP contribution >= 0.6 is 8.60 Å². The molecule has 0 saturated heterocycles. The molecule has 0 amide bonds. The molecule has 0 atom stereocenters. The minimum absolute atomic E-state index is 0.450. The van der Waals surface area contributed by atoms with Crippen LogP contribution in [0, 0.1) is 0 Å². The van der Waals surface area contributed by atoms with E-state index < -0.39 is 8.60 Å². The normalized spacial score (nSPS) is 10.9. The molecule has 0 heterocycles. The first kappa shape index (κ1) is 13.1. The number of rotatable bonds is 3. The lowest BCUT2D eigenvalue weighted by atomic mass is 10.0. The van der Waals surface area contributed by atoms with Crippen LogP contribution in [0.1, 0.15) is 0 Å². The summed E-state index contributed by atoms with van der Waals surface area (Å²) < 4.78 is 4.85. The Morgan fingerprint density at radius 1 is 0.700 bits per heavy atom. The first-order chi connectivity index (χ1) is 9.72. The zero-order valence-corrected chi connectivity index (χ0v) is 11.5. The molecule has 0 saturated carbocycles.